The van der Waals surface area contributed by atoms with Crippen LogP contribution in [0.5, 0.6) is 11.5 Å². The number of aromatic hydroxyl groups is 2. The zero-order valence-corrected chi connectivity index (χ0v) is 10.2. The molecule has 2 N–H and O–H groups in total. The minimum absolute atomic E-state index is 0.555. The molecule has 0 bridgehead atoms. The first kappa shape index (κ1) is 15.6. The lowest BCUT2D eigenvalue weighted by Gasteiger charge is -2.05. The molecule has 0 radical (unpaired) electrons. The number of hydrogen-bond acceptors (Lipinski definition) is 4. The van der Waals surface area contributed by atoms with Gasteiger partial charge in [0.1, 0.15) is 5.75 Å². The van der Waals surface area contributed by atoms with Gasteiger partial charge in [-0.15, -0.1) is 10.2 Å². The van der Waals surface area contributed by atoms with Crippen LogP contribution in [0.15, 0.2) is 22.4 Å². The Bertz CT molecular complexity index is 765. The third-order valence-electron chi connectivity index (χ3n) is 2.52. The maximum atomic E-state index is 13.4. The average molecular weight is 322 g/mol. The summed E-state index contributed by atoms with van der Waals surface area (Å²) in [7, 11) is 0. The monoisotopic (exact) mass is 322 g/mol. The molecule has 2 aromatic rings. The van der Waals surface area contributed by atoms with Crippen molar-refractivity contribution in [3.63, 3.8) is 0 Å². The predicted octanol–water partition coefficient (Wildman–Crippen LogP) is 4.35. The number of benzene rings is 2. The first-order valence-corrected chi connectivity index (χ1v) is 5.39. The number of hydrogen-bond donors (Lipinski definition) is 2. The van der Waals surface area contributed by atoms with Gasteiger partial charge in [-0.1, -0.05) is 0 Å². The van der Waals surface area contributed by atoms with Crippen LogP contribution in [0.4, 0.5) is 37.7 Å². The second-order valence-corrected chi connectivity index (χ2v) is 3.88. The van der Waals surface area contributed by atoms with Gasteiger partial charge in [0, 0.05) is 0 Å². The fourth-order valence-corrected chi connectivity index (χ4v) is 1.42. The summed E-state index contributed by atoms with van der Waals surface area (Å²) >= 11 is 0. The van der Waals surface area contributed by atoms with Crippen LogP contribution in [0.25, 0.3) is 0 Å². The van der Waals surface area contributed by atoms with Crippen LogP contribution in [-0.2, 0) is 0 Å². The van der Waals surface area contributed by atoms with Gasteiger partial charge in [0.05, 0.1) is 0 Å². The third-order valence-corrected chi connectivity index (χ3v) is 2.52. The zero-order valence-electron chi connectivity index (χ0n) is 10.2. The molecule has 0 aromatic heterocycles. The number of phenolic OH excluding ortho intramolecular Hbond substituents is 2. The van der Waals surface area contributed by atoms with Gasteiger partial charge in [0.2, 0.25) is 11.6 Å². The van der Waals surface area contributed by atoms with Gasteiger partial charge in [0.15, 0.2) is 40.4 Å². The van der Waals surface area contributed by atoms with E-state index in [1.54, 1.807) is 0 Å². The van der Waals surface area contributed by atoms with Crippen LogP contribution < -0.4 is 0 Å². The summed E-state index contributed by atoms with van der Waals surface area (Å²) in [6, 6.07) is 1.24. The Labute approximate surface area is 118 Å². The predicted molar refractivity (Wildman–Crippen MR) is 60.1 cm³/mol. The number of rotatable bonds is 2. The van der Waals surface area contributed by atoms with Crippen molar-refractivity contribution in [2.45, 2.75) is 0 Å². The van der Waals surface area contributed by atoms with Gasteiger partial charge in [-0.25, -0.2) is 22.0 Å². The Balaban J connectivity index is 2.60. The van der Waals surface area contributed by atoms with Crippen LogP contribution in [-0.4, -0.2) is 10.2 Å². The molecular weight excluding hydrogens is 318 g/mol. The highest BCUT2D eigenvalue weighted by molar-refractivity contribution is 5.55. The van der Waals surface area contributed by atoms with Crippen molar-refractivity contribution in [3.8, 4) is 11.5 Å². The lowest BCUT2D eigenvalue weighted by molar-refractivity contribution is 0.367. The summed E-state index contributed by atoms with van der Waals surface area (Å²) < 4.78 is 78.5. The van der Waals surface area contributed by atoms with Crippen molar-refractivity contribution >= 4 is 11.4 Å². The molecule has 2 rings (SSSR count). The summed E-state index contributed by atoms with van der Waals surface area (Å²) in [5.74, 6) is -14.6. The quantitative estimate of drug-likeness (QED) is 0.374. The van der Waals surface area contributed by atoms with E-state index in [2.05, 4.69) is 10.2 Å². The van der Waals surface area contributed by atoms with E-state index in [-0.39, 0.29) is 0 Å². The van der Waals surface area contributed by atoms with Gasteiger partial charge in [-0.3, -0.25) is 0 Å². The fraction of sp³-hybridized carbons (Fsp3) is 0. The highest BCUT2D eigenvalue weighted by Crippen LogP contribution is 2.38. The van der Waals surface area contributed by atoms with E-state index in [9.17, 15) is 31.4 Å². The maximum Gasteiger partial charge on any atom is 0.206 e. The smallest absolute Gasteiger partial charge is 0.206 e. The Morgan fingerprint density at radius 1 is 0.636 bits per heavy atom. The molecular formula is C12H4F6N2O2. The molecule has 0 spiro atoms. The third kappa shape index (κ3) is 2.43. The molecule has 0 fully saturated rings. The van der Waals surface area contributed by atoms with E-state index in [0.717, 1.165) is 0 Å². The van der Waals surface area contributed by atoms with Crippen molar-refractivity contribution in [3.05, 3.63) is 47.0 Å². The topological polar surface area (TPSA) is 65.2 Å². The number of halogens is 6. The van der Waals surface area contributed by atoms with Crippen molar-refractivity contribution in [1.82, 2.24) is 0 Å². The summed E-state index contributed by atoms with van der Waals surface area (Å²) in [5.41, 5.74) is -2.59. The van der Waals surface area contributed by atoms with Crippen LogP contribution in [0.1, 0.15) is 0 Å². The SMILES string of the molecule is Oc1ccc(F)c(F)c1N=Nc1c(O)c(F)c(F)c(F)c1F. The number of azo groups is 1. The van der Waals surface area contributed by atoms with Crippen molar-refractivity contribution < 1.29 is 36.6 Å². The Kier molecular flexibility index (Phi) is 3.93. The summed E-state index contributed by atoms with van der Waals surface area (Å²) in [6.07, 6.45) is 0. The van der Waals surface area contributed by atoms with Gasteiger partial charge in [-0.2, -0.15) is 4.39 Å². The van der Waals surface area contributed by atoms with Crippen LogP contribution >= 0.6 is 0 Å². The largest absolute Gasteiger partial charge is 0.505 e. The van der Waals surface area contributed by atoms with Gasteiger partial charge in [0.25, 0.3) is 0 Å². The number of phenols is 2. The molecule has 0 saturated heterocycles. The molecule has 2 aromatic carbocycles. The molecule has 0 unspecified atom stereocenters. The van der Waals surface area contributed by atoms with Gasteiger partial charge in [-0.05, 0) is 12.1 Å². The van der Waals surface area contributed by atoms with Gasteiger partial charge >= 0.3 is 0 Å². The van der Waals surface area contributed by atoms with E-state index in [0.29, 0.717) is 12.1 Å². The van der Waals surface area contributed by atoms with Crippen molar-refractivity contribution in [2.75, 3.05) is 0 Å². The standard InChI is InChI=1S/C12H4F6N2O2/c13-3-1-2-4(21)10(5(3)14)19-20-11-8(17)6(15)7(16)9(18)12(11)22/h1-2,21-22H. The molecule has 0 amide bonds. The second kappa shape index (κ2) is 5.54. The first-order chi connectivity index (χ1) is 10.3. The highest BCUT2D eigenvalue weighted by atomic mass is 19.2. The minimum atomic E-state index is -2.28. The van der Waals surface area contributed by atoms with Crippen LogP contribution in [0, 0.1) is 34.9 Å². The van der Waals surface area contributed by atoms with Crippen LogP contribution in [0.3, 0.4) is 0 Å². The molecule has 10 heteroatoms. The first-order valence-electron chi connectivity index (χ1n) is 5.39. The molecule has 0 atom stereocenters. The molecule has 4 nitrogen and oxygen atoms in total. The Hall–Kier alpha value is -2.78. The molecule has 116 valence electrons. The lowest BCUT2D eigenvalue weighted by Crippen LogP contribution is -1.96. The molecule has 0 aliphatic rings. The maximum absolute atomic E-state index is 13.4. The molecule has 0 aliphatic carbocycles. The fourth-order valence-electron chi connectivity index (χ4n) is 1.42. The zero-order chi connectivity index (χ0) is 16.6. The molecule has 0 heterocycles. The van der Waals surface area contributed by atoms with E-state index < -0.39 is 57.8 Å². The normalized spacial score (nSPS) is 11.4. The molecule has 22 heavy (non-hydrogen) atoms. The summed E-state index contributed by atoms with van der Waals surface area (Å²) in [5, 5.41) is 24.1. The minimum Gasteiger partial charge on any atom is -0.505 e. The number of nitrogens with zero attached hydrogens (tertiary/aromatic N) is 2. The second-order valence-electron chi connectivity index (χ2n) is 3.88. The van der Waals surface area contributed by atoms with Crippen molar-refractivity contribution in [2.24, 2.45) is 10.2 Å². The Morgan fingerprint density at radius 3 is 1.82 bits per heavy atom. The van der Waals surface area contributed by atoms with E-state index in [4.69, 9.17) is 5.11 Å². The lowest BCUT2D eigenvalue weighted by atomic mass is 10.2. The molecule has 0 aliphatic heterocycles. The van der Waals surface area contributed by atoms with E-state index in [1.165, 1.54) is 0 Å². The van der Waals surface area contributed by atoms with E-state index in [1.807, 2.05) is 0 Å². The summed E-state index contributed by atoms with van der Waals surface area (Å²) in [6.45, 7) is 0. The summed E-state index contributed by atoms with van der Waals surface area (Å²) in [4.78, 5) is 0. The molecule has 0 saturated carbocycles. The van der Waals surface area contributed by atoms with E-state index >= 15 is 0 Å². The van der Waals surface area contributed by atoms with Crippen molar-refractivity contribution in [1.29, 1.82) is 0 Å². The van der Waals surface area contributed by atoms with Gasteiger partial charge < -0.3 is 10.2 Å². The highest BCUT2D eigenvalue weighted by Gasteiger charge is 2.25. The Morgan fingerprint density at radius 2 is 1.18 bits per heavy atom. The average Bonchev–Trinajstić information content (AvgIpc) is 2.50. The van der Waals surface area contributed by atoms with Crippen LogP contribution in [0.2, 0.25) is 0 Å².